The number of thiophene rings is 1. The van der Waals surface area contributed by atoms with Crippen molar-refractivity contribution in [1.29, 1.82) is 0 Å². The molecular weight excluding hydrogens is 326 g/mol. The fourth-order valence-corrected chi connectivity index (χ4v) is 4.39. The average molecular weight is 341 g/mol. The zero-order valence-corrected chi connectivity index (χ0v) is 14.0. The highest BCUT2D eigenvalue weighted by atomic mass is 32.1. The van der Waals surface area contributed by atoms with Crippen LogP contribution in [0.5, 0.6) is 0 Å². The van der Waals surface area contributed by atoms with Crippen LogP contribution in [0.2, 0.25) is 0 Å². The minimum Gasteiger partial charge on any atom is -0.393 e. The van der Waals surface area contributed by atoms with Gasteiger partial charge in [-0.3, -0.25) is 9.36 Å². The number of nitrogens with zero attached hydrogens (tertiary/aromatic N) is 2. The van der Waals surface area contributed by atoms with Crippen LogP contribution in [0.25, 0.3) is 21.3 Å². The van der Waals surface area contributed by atoms with Crippen molar-refractivity contribution >= 4 is 38.8 Å². The van der Waals surface area contributed by atoms with Crippen LogP contribution in [0.1, 0.15) is 16.9 Å². The maximum absolute atomic E-state index is 12.9. The molecule has 2 aromatic heterocycles. The maximum Gasteiger partial charge on any atom is 0.262 e. The fourth-order valence-electron chi connectivity index (χ4n) is 3.15. The molecule has 1 aliphatic rings. The van der Waals surface area contributed by atoms with Crippen molar-refractivity contribution in [1.82, 2.24) is 9.55 Å². The van der Waals surface area contributed by atoms with E-state index in [1.807, 2.05) is 6.07 Å². The van der Waals surface area contributed by atoms with E-state index in [2.05, 4.69) is 23.2 Å². The molecular formula is C17H15N3OS2. The average Bonchev–Trinajstić information content (AvgIpc) is 2.94. The Morgan fingerprint density at radius 2 is 2.17 bits per heavy atom. The van der Waals surface area contributed by atoms with Gasteiger partial charge in [-0.25, -0.2) is 4.98 Å². The minimum atomic E-state index is 0.000420. The highest BCUT2D eigenvalue weighted by Gasteiger charge is 2.23. The molecule has 0 unspecified atom stereocenters. The van der Waals surface area contributed by atoms with Gasteiger partial charge in [-0.2, -0.15) is 0 Å². The Morgan fingerprint density at radius 3 is 3.00 bits per heavy atom. The van der Waals surface area contributed by atoms with Crippen LogP contribution in [0.15, 0.2) is 35.4 Å². The number of rotatable bonds is 3. The van der Waals surface area contributed by atoms with E-state index in [-0.39, 0.29) is 5.56 Å². The van der Waals surface area contributed by atoms with Crippen molar-refractivity contribution in [2.24, 2.45) is 5.73 Å². The maximum atomic E-state index is 12.9. The van der Waals surface area contributed by atoms with Crippen molar-refractivity contribution in [3.05, 3.63) is 51.4 Å². The quantitative estimate of drug-likeness (QED) is 0.744. The summed E-state index contributed by atoms with van der Waals surface area (Å²) in [5, 5.41) is 0.739. The monoisotopic (exact) mass is 341 g/mol. The summed E-state index contributed by atoms with van der Waals surface area (Å²) < 4.78 is 1.62. The van der Waals surface area contributed by atoms with Crippen LogP contribution in [-0.2, 0) is 19.4 Å². The van der Waals surface area contributed by atoms with Gasteiger partial charge in [0.2, 0.25) is 0 Å². The zero-order chi connectivity index (χ0) is 16.0. The Bertz CT molecular complexity index is 987. The molecule has 1 aliphatic carbocycles. The lowest BCUT2D eigenvalue weighted by atomic mass is 9.89. The second kappa shape index (κ2) is 5.54. The number of hydrogen-bond donors (Lipinski definition) is 1. The molecule has 0 spiro atoms. The smallest absolute Gasteiger partial charge is 0.262 e. The highest BCUT2D eigenvalue weighted by molar-refractivity contribution is 7.80. The Kier molecular flexibility index (Phi) is 3.50. The number of fused-ring (bicyclic) bond motifs is 5. The molecule has 6 heteroatoms. The van der Waals surface area contributed by atoms with Gasteiger partial charge >= 0.3 is 0 Å². The predicted octanol–water partition coefficient (Wildman–Crippen LogP) is 2.90. The molecule has 0 aliphatic heterocycles. The van der Waals surface area contributed by atoms with Crippen LogP contribution in [0.3, 0.4) is 0 Å². The van der Waals surface area contributed by atoms with E-state index in [9.17, 15) is 4.79 Å². The van der Waals surface area contributed by atoms with E-state index in [0.29, 0.717) is 18.0 Å². The lowest BCUT2D eigenvalue weighted by Crippen LogP contribution is -2.23. The molecule has 116 valence electrons. The molecule has 3 aromatic rings. The lowest BCUT2D eigenvalue weighted by molar-refractivity contribution is 0.688. The molecule has 0 atom stereocenters. The van der Waals surface area contributed by atoms with E-state index in [1.54, 1.807) is 22.2 Å². The number of thiocarbonyl (C=S) groups is 1. The van der Waals surface area contributed by atoms with Gasteiger partial charge in [-0.05, 0) is 24.0 Å². The predicted molar refractivity (Wildman–Crippen MR) is 98.1 cm³/mol. The standard InChI is InChI=1S/C17H15N3OS2/c18-13(22)7-8-20-9-19-16-15(17(20)21)14-11-4-2-1-3-10(11)5-6-12(14)23-16/h1-4,9H,5-8H2,(H2,18,22). The summed E-state index contributed by atoms with van der Waals surface area (Å²) in [5.74, 6) is 0. The number of aryl methyl sites for hydroxylation is 3. The Balaban J connectivity index is 1.95. The molecule has 0 radical (unpaired) electrons. The first-order valence-corrected chi connectivity index (χ1v) is 8.75. The van der Waals surface area contributed by atoms with E-state index in [4.69, 9.17) is 18.0 Å². The zero-order valence-electron chi connectivity index (χ0n) is 12.4. The first-order chi connectivity index (χ1) is 11.1. The Morgan fingerprint density at radius 1 is 1.35 bits per heavy atom. The summed E-state index contributed by atoms with van der Waals surface area (Å²) in [5.41, 5.74) is 9.11. The molecule has 0 amide bonds. The lowest BCUT2D eigenvalue weighted by Gasteiger charge is -2.16. The molecule has 4 rings (SSSR count). The van der Waals surface area contributed by atoms with Gasteiger partial charge in [0.1, 0.15) is 4.83 Å². The largest absolute Gasteiger partial charge is 0.393 e. The normalized spacial score (nSPS) is 12.9. The molecule has 0 saturated carbocycles. The Hall–Kier alpha value is -2.05. The van der Waals surface area contributed by atoms with Crippen molar-refractivity contribution in [3.63, 3.8) is 0 Å². The van der Waals surface area contributed by atoms with Crippen molar-refractivity contribution < 1.29 is 0 Å². The third-order valence-corrected chi connectivity index (χ3v) is 5.62. The summed E-state index contributed by atoms with van der Waals surface area (Å²) >= 11 is 6.55. The number of nitrogens with two attached hydrogens (primary N) is 1. The van der Waals surface area contributed by atoms with Crippen LogP contribution < -0.4 is 11.3 Å². The second-order valence-corrected chi connectivity index (χ2v) is 7.30. The van der Waals surface area contributed by atoms with E-state index in [0.717, 1.165) is 28.6 Å². The molecule has 2 heterocycles. The summed E-state index contributed by atoms with van der Waals surface area (Å²) in [7, 11) is 0. The molecule has 0 fully saturated rings. The molecule has 1 aromatic carbocycles. The molecule has 4 nitrogen and oxygen atoms in total. The molecule has 23 heavy (non-hydrogen) atoms. The summed E-state index contributed by atoms with van der Waals surface area (Å²) in [6, 6.07) is 8.32. The van der Waals surface area contributed by atoms with Crippen LogP contribution in [0.4, 0.5) is 0 Å². The van der Waals surface area contributed by atoms with Crippen molar-refractivity contribution in [2.75, 3.05) is 0 Å². The van der Waals surface area contributed by atoms with Crippen molar-refractivity contribution in [3.8, 4) is 11.1 Å². The second-order valence-electron chi connectivity index (χ2n) is 5.70. The summed E-state index contributed by atoms with van der Waals surface area (Å²) in [6.07, 6.45) is 4.10. The molecule has 2 N–H and O–H groups in total. The minimum absolute atomic E-state index is 0.000420. The first-order valence-electron chi connectivity index (χ1n) is 7.52. The SMILES string of the molecule is NC(=S)CCn1cnc2sc3c(c2c1=O)-c1ccccc1CC3. The van der Waals surface area contributed by atoms with Crippen LogP contribution in [0, 0.1) is 0 Å². The van der Waals surface area contributed by atoms with E-state index in [1.165, 1.54) is 16.0 Å². The van der Waals surface area contributed by atoms with Gasteiger partial charge < -0.3 is 5.73 Å². The van der Waals surface area contributed by atoms with Gasteiger partial charge in [-0.15, -0.1) is 11.3 Å². The first kappa shape index (κ1) is 14.5. The van der Waals surface area contributed by atoms with Gasteiger partial charge in [-0.1, -0.05) is 36.5 Å². The fraction of sp³-hybridized carbons (Fsp3) is 0.235. The summed E-state index contributed by atoms with van der Waals surface area (Å²) in [6.45, 7) is 0.476. The van der Waals surface area contributed by atoms with Gasteiger partial charge in [0, 0.05) is 23.4 Å². The topological polar surface area (TPSA) is 60.9 Å². The van der Waals surface area contributed by atoms with E-state index < -0.39 is 0 Å². The molecule has 0 bridgehead atoms. The Labute approximate surface area is 142 Å². The number of aromatic nitrogens is 2. The summed E-state index contributed by atoms with van der Waals surface area (Å²) in [4.78, 5) is 19.9. The molecule has 0 saturated heterocycles. The van der Waals surface area contributed by atoms with Crippen molar-refractivity contribution in [2.45, 2.75) is 25.8 Å². The van der Waals surface area contributed by atoms with Crippen LogP contribution in [-0.4, -0.2) is 14.5 Å². The third-order valence-electron chi connectivity index (χ3n) is 4.26. The van der Waals surface area contributed by atoms with Crippen LogP contribution >= 0.6 is 23.6 Å². The number of hydrogen-bond acceptors (Lipinski definition) is 4. The van der Waals surface area contributed by atoms with E-state index >= 15 is 0 Å². The van der Waals surface area contributed by atoms with Gasteiger partial charge in [0.25, 0.3) is 5.56 Å². The number of benzene rings is 1. The van der Waals surface area contributed by atoms with Gasteiger partial charge in [0.05, 0.1) is 16.7 Å². The third kappa shape index (κ3) is 2.38. The highest BCUT2D eigenvalue weighted by Crippen LogP contribution is 2.41. The van der Waals surface area contributed by atoms with Gasteiger partial charge in [0.15, 0.2) is 0 Å².